The first-order valence-electron chi connectivity index (χ1n) is 8.80. The van der Waals surface area contributed by atoms with E-state index in [4.69, 9.17) is 39.5 Å². The van der Waals surface area contributed by atoms with Crippen LogP contribution in [0, 0.1) is 11.3 Å². The van der Waals surface area contributed by atoms with Crippen LogP contribution in [0.4, 0.5) is 0 Å². The molecular formula is C22H15Cl3N2O2. The van der Waals surface area contributed by atoms with Crippen molar-refractivity contribution in [2.24, 2.45) is 0 Å². The lowest BCUT2D eigenvalue weighted by molar-refractivity contribution is -0.134. The molecule has 4 nitrogen and oxygen atoms in total. The zero-order chi connectivity index (χ0) is 21.0. The summed E-state index contributed by atoms with van der Waals surface area (Å²) in [7, 11) is 0. The maximum atomic E-state index is 12.0. The highest BCUT2D eigenvalue weighted by molar-refractivity contribution is 6.36. The number of hydrogen-bond acceptors (Lipinski definition) is 4. The second-order valence-electron chi connectivity index (χ2n) is 6.20. The van der Waals surface area contributed by atoms with Crippen molar-refractivity contribution in [1.29, 1.82) is 5.26 Å². The second-order valence-corrected chi connectivity index (χ2v) is 7.48. The molecule has 3 rings (SSSR count). The Bertz CT molecular complexity index is 1110. The van der Waals surface area contributed by atoms with E-state index in [9.17, 15) is 10.1 Å². The summed E-state index contributed by atoms with van der Waals surface area (Å²) in [5, 5.41) is 11.0. The molecule has 0 N–H and O–H groups in total. The van der Waals surface area contributed by atoms with Gasteiger partial charge in [-0.3, -0.25) is 4.79 Å². The number of carbonyl (C=O) groups is 1. The summed E-state index contributed by atoms with van der Waals surface area (Å²) < 4.78 is 5.35. The van der Waals surface area contributed by atoms with E-state index >= 15 is 0 Å². The first kappa shape index (κ1) is 21.1. The molecule has 29 heavy (non-hydrogen) atoms. The van der Waals surface area contributed by atoms with Crippen LogP contribution in [-0.4, -0.2) is 11.0 Å². The molecule has 146 valence electrons. The Morgan fingerprint density at radius 3 is 2.34 bits per heavy atom. The molecule has 2 aromatic carbocycles. The summed E-state index contributed by atoms with van der Waals surface area (Å²) in [6, 6.07) is 15.8. The largest absolute Gasteiger partial charge is 0.406 e. The maximum Gasteiger partial charge on any atom is 0.312 e. The monoisotopic (exact) mass is 444 g/mol. The number of aromatic nitrogens is 1. The number of pyridine rings is 1. The summed E-state index contributed by atoms with van der Waals surface area (Å²) in [4.78, 5) is 16.5. The van der Waals surface area contributed by atoms with E-state index in [1.54, 1.807) is 36.4 Å². The summed E-state index contributed by atoms with van der Waals surface area (Å²) >= 11 is 18.4. The lowest BCUT2D eigenvalue weighted by Gasteiger charge is -2.14. The molecule has 0 saturated carbocycles. The quantitative estimate of drug-likeness (QED) is 0.398. The first-order chi connectivity index (χ1) is 13.9. The van der Waals surface area contributed by atoms with Crippen molar-refractivity contribution in [3.8, 4) is 34.3 Å². The Labute approximate surface area is 183 Å². The van der Waals surface area contributed by atoms with Gasteiger partial charge in [0, 0.05) is 27.6 Å². The van der Waals surface area contributed by atoms with E-state index in [1.165, 1.54) is 0 Å². The number of nitriles is 1. The third-order valence-electron chi connectivity index (χ3n) is 4.11. The zero-order valence-electron chi connectivity index (χ0n) is 15.4. The lowest BCUT2D eigenvalue weighted by atomic mass is 9.97. The van der Waals surface area contributed by atoms with Crippen LogP contribution in [0.25, 0.3) is 22.4 Å². The van der Waals surface area contributed by atoms with Crippen molar-refractivity contribution in [3.63, 3.8) is 0 Å². The molecule has 0 radical (unpaired) electrons. The van der Waals surface area contributed by atoms with Crippen molar-refractivity contribution in [3.05, 3.63) is 69.2 Å². The highest BCUT2D eigenvalue weighted by Crippen LogP contribution is 2.38. The minimum absolute atomic E-state index is 0.0512. The number of benzene rings is 2. The Hall–Kier alpha value is -2.58. The Balaban J connectivity index is 2.24. The fourth-order valence-electron chi connectivity index (χ4n) is 2.75. The molecule has 0 bridgehead atoms. The fourth-order valence-corrected chi connectivity index (χ4v) is 3.38. The van der Waals surface area contributed by atoms with Crippen LogP contribution >= 0.6 is 34.8 Å². The predicted octanol–water partition coefficient (Wildman–Crippen LogP) is 6.95. The molecule has 1 aromatic heterocycles. The van der Waals surface area contributed by atoms with Gasteiger partial charge in [-0.1, -0.05) is 53.9 Å². The third-order valence-corrected chi connectivity index (χ3v) is 4.91. The van der Waals surface area contributed by atoms with Gasteiger partial charge in [-0.2, -0.15) is 5.26 Å². The average Bonchev–Trinajstić information content (AvgIpc) is 2.69. The SMILES string of the molecule is CCCC(=O)Oc1nc(-c2ccc(Cl)cc2Cl)c(-c2ccc(Cl)cc2)cc1C#N. The van der Waals surface area contributed by atoms with Crippen LogP contribution < -0.4 is 4.74 Å². The molecule has 0 fully saturated rings. The minimum atomic E-state index is -0.455. The molecule has 0 unspecified atom stereocenters. The normalized spacial score (nSPS) is 10.4. The average molecular weight is 446 g/mol. The van der Waals surface area contributed by atoms with Gasteiger partial charge in [0.05, 0.1) is 10.7 Å². The third kappa shape index (κ3) is 4.89. The van der Waals surface area contributed by atoms with Crippen molar-refractivity contribution < 1.29 is 9.53 Å². The van der Waals surface area contributed by atoms with E-state index in [1.807, 2.05) is 25.1 Å². The topological polar surface area (TPSA) is 63.0 Å². The number of carbonyl (C=O) groups excluding carboxylic acids is 1. The van der Waals surface area contributed by atoms with Crippen LogP contribution in [0.2, 0.25) is 15.1 Å². The summed E-state index contributed by atoms with van der Waals surface area (Å²) in [6.45, 7) is 1.86. The standard InChI is InChI=1S/C22H15Cl3N2O2/c1-2-3-20(28)29-22-14(12-26)10-18(13-4-6-15(23)7-5-13)21(27-22)17-9-8-16(24)11-19(17)25/h4-11H,2-3H2,1H3. The molecule has 0 aliphatic heterocycles. The molecule has 0 aliphatic carbocycles. The number of rotatable bonds is 5. The molecule has 0 aliphatic rings. The predicted molar refractivity (Wildman–Crippen MR) is 115 cm³/mol. The molecule has 0 amide bonds. The van der Waals surface area contributed by atoms with E-state index in [0.29, 0.717) is 38.3 Å². The zero-order valence-corrected chi connectivity index (χ0v) is 17.6. The van der Waals surface area contributed by atoms with Gasteiger partial charge in [0.1, 0.15) is 11.6 Å². The number of ether oxygens (including phenoxy) is 1. The summed E-state index contributed by atoms with van der Waals surface area (Å²) in [6.07, 6.45) is 0.849. The van der Waals surface area contributed by atoms with Crippen LogP contribution in [0.15, 0.2) is 48.5 Å². The smallest absolute Gasteiger partial charge is 0.312 e. The Kier molecular flexibility index (Phi) is 6.76. The second kappa shape index (κ2) is 9.28. The number of esters is 1. The lowest BCUT2D eigenvalue weighted by Crippen LogP contribution is -2.10. The Morgan fingerprint density at radius 2 is 1.72 bits per heavy atom. The van der Waals surface area contributed by atoms with Gasteiger partial charge >= 0.3 is 5.97 Å². The molecule has 0 spiro atoms. The van der Waals surface area contributed by atoms with Crippen LogP contribution in [-0.2, 0) is 4.79 Å². The molecule has 0 atom stereocenters. The van der Waals surface area contributed by atoms with Gasteiger partial charge in [-0.05, 0) is 48.4 Å². The van der Waals surface area contributed by atoms with Crippen LogP contribution in [0.3, 0.4) is 0 Å². The number of halogens is 3. The van der Waals surface area contributed by atoms with E-state index in [-0.39, 0.29) is 17.9 Å². The number of hydrogen-bond donors (Lipinski definition) is 0. The maximum absolute atomic E-state index is 12.0. The minimum Gasteiger partial charge on any atom is -0.406 e. The van der Waals surface area contributed by atoms with Crippen molar-refractivity contribution in [2.75, 3.05) is 0 Å². The van der Waals surface area contributed by atoms with Crippen molar-refractivity contribution in [1.82, 2.24) is 4.98 Å². The molecule has 7 heteroatoms. The highest BCUT2D eigenvalue weighted by Gasteiger charge is 2.19. The van der Waals surface area contributed by atoms with E-state index < -0.39 is 5.97 Å². The number of nitrogens with zero attached hydrogens (tertiary/aromatic N) is 2. The van der Waals surface area contributed by atoms with Gasteiger partial charge in [0.2, 0.25) is 5.88 Å². The van der Waals surface area contributed by atoms with Gasteiger partial charge in [-0.15, -0.1) is 0 Å². The molecule has 0 saturated heterocycles. The van der Waals surface area contributed by atoms with Crippen molar-refractivity contribution >= 4 is 40.8 Å². The van der Waals surface area contributed by atoms with Crippen LogP contribution in [0.1, 0.15) is 25.3 Å². The molecule has 1 heterocycles. The van der Waals surface area contributed by atoms with E-state index in [2.05, 4.69) is 4.98 Å². The summed E-state index contributed by atoms with van der Waals surface area (Å²) in [5.74, 6) is -0.506. The molecular weight excluding hydrogens is 431 g/mol. The van der Waals surface area contributed by atoms with Crippen LogP contribution in [0.5, 0.6) is 5.88 Å². The summed E-state index contributed by atoms with van der Waals surface area (Å²) in [5.41, 5.74) is 2.64. The fraction of sp³-hybridized carbons (Fsp3) is 0.136. The first-order valence-corrected chi connectivity index (χ1v) is 9.93. The highest BCUT2D eigenvalue weighted by atomic mass is 35.5. The Morgan fingerprint density at radius 1 is 1.03 bits per heavy atom. The van der Waals surface area contributed by atoms with E-state index in [0.717, 1.165) is 5.56 Å². The van der Waals surface area contributed by atoms with Gasteiger partial charge in [0.25, 0.3) is 0 Å². The van der Waals surface area contributed by atoms with Gasteiger partial charge < -0.3 is 4.74 Å². The van der Waals surface area contributed by atoms with Crippen molar-refractivity contribution in [2.45, 2.75) is 19.8 Å². The van der Waals surface area contributed by atoms with Gasteiger partial charge in [0.15, 0.2) is 0 Å². The molecule has 3 aromatic rings. The van der Waals surface area contributed by atoms with Gasteiger partial charge in [-0.25, -0.2) is 4.98 Å².